The number of aryl methyl sites for hydroxylation is 1. The van der Waals surface area contributed by atoms with Gasteiger partial charge in [-0.25, -0.2) is 0 Å². The zero-order chi connectivity index (χ0) is 14.5. The molecule has 1 aromatic carbocycles. The Bertz CT molecular complexity index is 591. The van der Waals surface area contributed by atoms with Crippen molar-refractivity contribution in [2.75, 3.05) is 18.5 Å². The van der Waals surface area contributed by atoms with Crippen LogP contribution in [0, 0.1) is 11.3 Å². The molecular formula is C17H21N3. The van der Waals surface area contributed by atoms with E-state index in [1.807, 2.05) is 12.1 Å². The van der Waals surface area contributed by atoms with Gasteiger partial charge >= 0.3 is 0 Å². The predicted molar refractivity (Wildman–Crippen MR) is 84.3 cm³/mol. The highest BCUT2D eigenvalue weighted by Gasteiger charge is 2.17. The summed E-state index contributed by atoms with van der Waals surface area (Å²) in [5.41, 5.74) is 10.8. The van der Waals surface area contributed by atoms with E-state index in [2.05, 4.69) is 37.1 Å². The minimum absolute atomic E-state index is 0.690. The monoisotopic (exact) mass is 267 g/mol. The fraction of sp³-hybridized carbons (Fsp3) is 0.353. The fourth-order valence-electron chi connectivity index (χ4n) is 2.63. The summed E-state index contributed by atoms with van der Waals surface area (Å²) < 4.78 is 0. The summed E-state index contributed by atoms with van der Waals surface area (Å²) in [6.45, 7) is 3.13. The van der Waals surface area contributed by atoms with Crippen LogP contribution in [0.25, 0.3) is 5.57 Å². The van der Waals surface area contributed by atoms with E-state index in [0.717, 1.165) is 36.9 Å². The van der Waals surface area contributed by atoms with E-state index in [0.29, 0.717) is 5.56 Å². The van der Waals surface area contributed by atoms with E-state index in [4.69, 9.17) is 5.73 Å². The molecule has 3 nitrogen and oxygen atoms in total. The van der Waals surface area contributed by atoms with Gasteiger partial charge in [0.1, 0.15) is 0 Å². The van der Waals surface area contributed by atoms with E-state index in [-0.39, 0.29) is 0 Å². The van der Waals surface area contributed by atoms with Crippen LogP contribution in [0.3, 0.4) is 0 Å². The first-order chi connectivity index (χ1) is 9.71. The van der Waals surface area contributed by atoms with Gasteiger partial charge in [-0.15, -0.1) is 0 Å². The van der Waals surface area contributed by atoms with Crippen molar-refractivity contribution in [2.24, 2.45) is 5.73 Å². The lowest BCUT2D eigenvalue weighted by atomic mass is 9.92. The number of hydrogen-bond acceptors (Lipinski definition) is 3. The minimum atomic E-state index is 0.690. The Labute approximate surface area is 121 Å². The molecule has 0 radical (unpaired) electrons. The van der Waals surface area contributed by atoms with Crippen LogP contribution in [-0.4, -0.2) is 13.6 Å². The number of rotatable bonds is 3. The van der Waals surface area contributed by atoms with Crippen molar-refractivity contribution in [1.29, 1.82) is 5.26 Å². The molecule has 3 heteroatoms. The topological polar surface area (TPSA) is 53.1 Å². The molecule has 0 fully saturated rings. The van der Waals surface area contributed by atoms with Gasteiger partial charge in [-0.1, -0.05) is 19.1 Å². The third-order valence-corrected chi connectivity index (χ3v) is 3.71. The van der Waals surface area contributed by atoms with E-state index in [1.54, 1.807) is 6.20 Å². The number of allylic oxidation sites excluding steroid dienone is 3. The number of nitriles is 1. The standard InChI is InChI=1S/C17H21N3/c1-3-4-6-14(11-18)16-9-13-7-5-8-20(2)17(13)10-15(16)12-19/h4,6,9-11H,3,5,7-8,18H2,1-2H3/b6-4-,14-11+. The average Bonchev–Trinajstić information content (AvgIpc) is 2.47. The summed E-state index contributed by atoms with van der Waals surface area (Å²) in [5.74, 6) is 0. The van der Waals surface area contributed by atoms with E-state index in [9.17, 15) is 5.26 Å². The first-order valence-corrected chi connectivity index (χ1v) is 7.08. The molecule has 1 heterocycles. The van der Waals surface area contributed by atoms with Crippen LogP contribution in [0.4, 0.5) is 5.69 Å². The maximum Gasteiger partial charge on any atom is 0.0998 e. The normalized spacial score (nSPS) is 15.2. The molecule has 0 atom stereocenters. The molecular weight excluding hydrogens is 246 g/mol. The van der Waals surface area contributed by atoms with Crippen molar-refractivity contribution in [3.8, 4) is 6.07 Å². The Kier molecular flexibility index (Phi) is 4.47. The van der Waals surface area contributed by atoms with Crippen LogP contribution in [0.2, 0.25) is 0 Å². The van der Waals surface area contributed by atoms with Crippen molar-refractivity contribution in [3.05, 3.63) is 47.2 Å². The third kappa shape index (κ3) is 2.70. The van der Waals surface area contributed by atoms with Crippen LogP contribution in [-0.2, 0) is 6.42 Å². The van der Waals surface area contributed by atoms with Crippen molar-refractivity contribution in [2.45, 2.75) is 26.2 Å². The zero-order valence-corrected chi connectivity index (χ0v) is 12.2. The summed E-state index contributed by atoms with van der Waals surface area (Å²) >= 11 is 0. The lowest BCUT2D eigenvalue weighted by molar-refractivity contribution is 0.744. The maximum atomic E-state index is 9.42. The van der Waals surface area contributed by atoms with E-state index in [1.165, 1.54) is 11.3 Å². The average molecular weight is 267 g/mol. The van der Waals surface area contributed by atoms with E-state index >= 15 is 0 Å². The molecule has 2 rings (SSSR count). The SMILES string of the molecule is CC/C=C\C(=C/N)c1cc2c(cc1C#N)N(C)CCC2. The highest BCUT2D eigenvalue weighted by Crippen LogP contribution is 2.32. The molecule has 0 aromatic heterocycles. The zero-order valence-electron chi connectivity index (χ0n) is 12.2. The van der Waals surface area contributed by atoms with Gasteiger partial charge in [0.25, 0.3) is 0 Å². The van der Waals surface area contributed by atoms with Crippen LogP contribution in [0.1, 0.15) is 36.5 Å². The Hall–Kier alpha value is -2.21. The third-order valence-electron chi connectivity index (χ3n) is 3.71. The second-order valence-electron chi connectivity index (χ2n) is 5.10. The molecule has 104 valence electrons. The van der Waals surface area contributed by atoms with Gasteiger partial charge in [0.2, 0.25) is 0 Å². The van der Waals surface area contributed by atoms with Crippen molar-refractivity contribution in [3.63, 3.8) is 0 Å². The molecule has 20 heavy (non-hydrogen) atoms. The van der Waals surface area contributed by atoms with Gasteiger partial charge in [0.05, 0.1) is 11.6 Å². The summed E-state index contributed by atoms with van der Waals surface area (Å²) in [6.07, 6.45) is 8.81. The number of nitrogens with zero attached hydrogens (tertiary/aromatic N) is 2. The lowest BCUT2D eigenvalue weighted by Gasteiger charge is -2.28. The second-order valence-corrected chi connectivity index (χ2v) is 5.10. The van der Waals surface area contributed by atoms with Crippen LogP contribution < -0.4 is 10.6 Å². The Balaban J connectivity index is 2.54. The summed E-state index contributed by atoms with van der Waals surface area (Å²) in [7, 11) is 2.08. The van der Waals surface area contributed by atoms with Crippen LogP contribution >= 0.6 is 0 Å². The largest absolute Gasteiger partial charge is 0.404 e. The Morgan fingerprint density at radius 1 is 1.50 bits per heavy atom. The number of nitrogens with two attached hydrogens (primary N) is 1. The van der Waals surface area contributed by atoms with Crippen molar-refractivity contribution < 1.29 is 0 Å². The van der Waals surface area contributed by atoms with Crippen molar-refractivity contribution in [1.82, 2.24) is 0 Å². The molecule has 0 saturated carbocycles. The van der Waals surface area contributed by atoms with Gasteiger partial charge in [-0.05, 0) is 42.5 Å². The summed E-state index contributed by atoms with van der Waals surface area (Å²) in [6, 6.07) is 6.42. The Morgan fingerprint density at radius 2 is 2.30 bits per heavy atom. The highest BCUT2D eigenvalue weighted by molar-refractivity contribution is 5.80. The minimum Gasteiger partial charge on any atom is -0.404 e. The number of hydrogen-bond donors (Lipinski definition) is 1. The fourth-order valence-corrected chi connectivity index (χ4v) is 2.63. The molecule has 0 saturated heterocycles. The molecule has 0 amide bonds. The van der Waals surface area contributed by atoms with Gasteiger partial charge in [0.15, 0.2) is 0 Å². The van der Waals surface area contributed by atoms with Crippen LogP contribution in [0.15, 0.2) is 30.5 Å². The number of anilines is 1. The van der Waals surface area contributed by atoms with Gasteiger partial charge in [0, 0.05) is 31.0 Å². The van der Waals surface area contributed by atoms with E-state index < -0.39 is 0 Å². The second kappa shape index (κ2) is 6.29. The summed E-state index contributed by atoms with van der Waals surface area (Å²) in [4.78, 5) is 2.22. The number of fused-ring (bicyclic) bond motifs is 1. The molecule has 2 N–H and O–H groups in total. The molecule has 1 aliphatic rings. The molecule has 0 aliphatic carbocycles. The molecule has 0 unspecified atom stereocenters. The van der Waals surface area contributed by atoms with Gasteiger partial charge in [-0.3, -0.25) is 0 Å². The highest BCUT2D eigenvalue weighted by atomic mass is 15.1. The van der Waals surface area contributed by atoms with Crippen molar-refractivity contribution >= 4 is 11.3 Å². The molecule has 0 bridgehead atoms. The predicted octanol–water partition coefficient (Wildman–Crippen LogP) is 3.21. The van der Waals surface area contributed by atoms with Crippen LogP contribution in [0.5, 0.6) is 0 Å². The first-order valence-electron chi connectivity index (χ1n) is 7.08. The smallest absolute Gasteiger partial charge is 0.0998 e. The molecule has 0 spiro atoms. The first kappa shape index (κ1) is 14.2. The van der Waals surface area contributed by atoms with Gasteiger partial charge < -0.3 is 10.6 Å². The molecule has 1 aliphatic heterocycles. The number of benzene rings is 1. The quantitative estimate of drug-likeness (QED) is 0.856. The Morgan fingerprint density at radius 3 is 2.95 bits per heavy atom. The van der Waals surface area contributed by atoms with Gasteiger partial charge in [-0.2, -0.15) is 5.26 Å². The molecule has 1 aromatic rings. The lowest BCUT2D eigenvalue weighted by Crippen LogP contribution is -2.25. The summed E-state index contributed by atoms with van der Waals surface area (Å²) in [5, 5.41) is 9.42. The maximum absolute atomic E-state index is 9.42.